The minimum atomic E-state index is -1.51. The number of aliphatic hydroxyl groups excluding tert-OH is 3. The second-order valence-corrected chi connectivity index (χ2v) is 8.77. The van der Waals surface area contributed by atoms with Crippen molar-refractivity contribution in [3.8, 4) is 0 Å². The Kier molecular flexibility index (Phi) is 10.1. The molecule has 5 atom stereocenters. The molecule has 1 aliphatic rings. The monoisotopic (exact) mass is 521 g/mol. The second-order valence-electron chi connectivity index (χ2n) is 8.36. The molecule has 0 radical (unpaired) electrons. The van der Waals surface area contributed by atoms with Gasteiger partial charge in [-0.2, -0.15) is 0 Å². The molecular formula is C26H32ClNO8. The zero-order chi connectivity index (χ0) is 26.2. The molecule has 1 saturated heterocycles. The first-order valence-corrected chi connectivity index (χ1v) is 12.1. The van der Waals surface area contributed by atoms with E-state index < -0.39 is 36.7 Å². The summed E-state index contributed by atoms with van der Waals surface area (Å²) in [5.74, 6) is 0. The van der Waals surface area contributed by atoms with Gasteiger partial charge in [-0.1, -0.05) is 60.1 Å². The number of hydrogen-bond acceptors (Lipinski definition) is 9. The van der Waals surface area contributed by atoms with Crippen molar-refractivity contribution >= 4 is 23.5 Å². The molecular weight excluding hydrogens is 490 g/mol. The van der Waals surface area contributed by atoms with Crippen LogP contribution in [0.15, 0.2) is 47.6 Å². The van der Waals surface area contributed by atoms with Crippen LogP contribution >= 0.6 is 11.6 Å². The summed E-state index contributed by atoms with van der Waals surface area (Å²) < 4.78 is 15.5. The largest absolute Gasteiger partial charge is 0.508 e. The number of carbonyl (C=O) groups excluding carboxylic acids is 1. The summed E-state index contributed by atoms with van der Waals surface area (Å²) in [7, 11) is 1.52. The molecule has 2 aromatic rings. The normalized spacial score (nSPS) is 24.3. The molecule has 9 nitrogen and oxygen atoms in total. The van der Waals surface area contributed by atoms with E-state index in [0.29, 0.717) is 17.0 Å². The molecule has 2 aromatic carbocycles. The Bertz CT molecular complexity index is 1040. The van der Waals surface area contributed by atoms with E-state index >= 15 is 0 Å². The van der Waals surface area contributed by atoms with Crippen LogP contribution < -0.4 is 0 Å². The van der Waals surface area contributed by atoms with E-state index in [1.807, 2.05) is 31.2 Å². The molecule has 5 unspecified atom stereocenters. The van der Waals surface area contributed by atoms with Crippen molar-refractivity contribution in [1.29, 1.82) is 0 Å². The molecule has 1 heterocycles. The molecule has 3 rings (SSSR count). The topological polar surface area (TPSA) is 127 Å². The number of carbonyl (C=O) groups is 1. The minimum Gasteiger partial charge on any atom is -0.435 e. The molecule has 196 valence electrons. The van der Waals surface area contributed by atoms with Crippen LogP contribution in [-0.4, -0.2) is 71.9 Å². The first-order valence-electron chi connectivity index (χ1n) is 11.8. The van der Waals surface area contributed by atoms with E-state index in [1.54, 1.807) is 25.1 Å². The predicted molar refractivity (Wildman–Crippen MR) is 133 cm³/mol. The van der Waals surface area contributed by atoms with E-state index in [1.165, 1.54) is 7.11 Å². The number of rotatable bonds is 9. The highest BCUT2D eigenvalue weighted by molar-refractivity contribution is 6.31. The lowest BCUT2D eigenvalue weighted by Gasteiger charge is -2.40. The fourth-order valence-corrected chi connectivity index (χ4v) is 4.23. The van der Waals surface area contributed by atoms with Gasteiger partial charge in [0.2, 0.25) is 0 Å². The molecule has 0 amide bonds. The lowest BCUT2D eigenvalue weighted by molar-refractivity contribution is -0.232. The van der Waals surface area contributed by atoms with Gasteiger partial charge in [0.1, 0.15) is 44.2 Å². The van der Waals surface area contributed by atoms with Crippen LogP contribution in [-0.2, 0) is 25.5 Å². The minimum absolute atomic E-state index is 0.133. The highest BCUT2D eigenvalue weighted by Crippen LogP contribution is 2.34. The van der Waals surface area contributed by atoms with Gasteiger partial charge in [0.05, 0.1) is 12.3 Å². The van der Waals surface area contributed by atoms with Gasteiger partial charge in [0.25, 0.3) is 0 Å². The summed E-state index contributed by atoms with van der Waals surface area (Å²) in [6.07, 6.45) is -6.07. The number of hydrogen-bond donors (Lipinski definition) is 3. The van der Waals surface area contributed by atoms with Crippen molar-refractivity contribution < 1.29 is 39.2 Å². The van der Waals surface area contributed by atoms with Crippen LogP contribution in [0.1, 0.15) is 48.6 Å². The Hall–Kier alpha value is -2.69. The average molecular weight is 522 g/mol. The molecule has 1 aliphatic heterocycles. The smallest absolute Gasteiger partial charge is 0.435 e. The number of benzene rings is 2. The van der Waals surface area contributed by atoms with Crippen LogP contribution in [0.3, 0.4) is 0 Å². The zero-order valence-corrected chi connectivity index (χ0v) is 21.2. The summed E-state index contributed by atoms with van der Waals surface area (Å²) >= 11 is 6.46. The van der Waals surface area contributed by atoms with Crippen molar-refractivity contribution in [2.75, 3.05) is 20.3 Å². The Morgan fingerprint density at radius 3 is 2.39 bits per heavy atom. The molecule has 3 N–H and O–H groups in total. The first-order chi connectivity index (χ1) is 17.3. The third-order valence-corrected chi connectivity index (χ3v) is 6.33. The van der Waals surface area contributed by atoms with Gasteiger partial charge in [0, 0.05) is 5.02 Å². The number of aliphatic hydroxyl groups is 3. The molecule has 0 saturated carbocycles. The maximum atomic E-state index is 11.5. The van der Waals surface area contributed by atoms with E-state index in [2.05, 4.69) is 5.16 Å². The van der Waals surface area contributed by atoms with Gasteiger partial charge >= 0.3 is 6.16 Å². The number of oxime groups is 1. The van der Waals surface area contributed by atoms with Gasteiger partial charge in [-0.25, -0.2) is 4.79 Å². The van der Waals surface area contributed by atoms with Crippen molar-refractivity contribution in [2.45, 2.75) is 57.2 Å². The van der Waals surface area contributed by atoms with Crippen LogP contribution in [0.5, 0.6) is 0 Å². The highest BCUT2D eigenvalue weighted by atomic mass is 35.5. The Morgan fingerprint density at radius 1 is 1.03 bits per heavy atom. The maximum absolute atomic E-state index is 11.5. The van der Waals surface area contributed by atoms with Crippen LogP contribution in [0.25, 0.3) is 0 Å². The molecule has 0 aromatic heterocycles. The molecule has 1 fully saturated rings. The zero-order valence-electron chi connectivity index (χ0n) is 20.5. The molecule has 36 heavy (non-hydrogen) atoms. The average Bonchev–Trinajstić information content (AvgIpc) is 2.87. The third-order valence-electron chi connectivity index (χ3n) is 5.96. The van der Waals surface area contributed by atoms with Crippen molar-refractivity contribution in [1.82, 2.24) is 0 Å². The van der Waals surface area contributed by atoms with Crippen LogP contribution in [0.4, 0.5) is 4.79 Å². The van der Waals surface area contributed by atoms with E-state index in [9.17, 15) is 20.1 Å². The summed E-state index contributed by atoms with van der Waals surface area (Å²) in [5, 5.41) is 35.9. The quantitative estimate of drug-likeness (QED) is 0.260. The Labute approximate surface area is 215 Å². The summed E-state index contributed by atoms with van der Waals surface area (Å²) in [6.45, 7) is 3.42. The van der Waals surface area contributed by atoms with Gasteiger partial charge in [-0.15, -0.1) is 0 Å². The van der Waals surface area contributed by atoms with Gasteiger partial charge in [0.15, 0.2) is 0 Å². The van der Waals surface area contributed by atoms with Gasteiger partial charge < -0.3 is 34.4 Å². The highest BCUT2D eigenvalue weighted by Gasteiger charge is 2.44. The summed E-state index contributed by atoms with van der Waals surface area (Å²) in [5.41, 5.74) is 4.16. The molecule has 0 spiro atoms. The summed E-state index contributed by atoms with van der Waals surface area (Å²) in [6, 6.07) is 13.1. The van der Waals surface area contributed by atoms with E-state index in [0.717, 1.165) is 28.8 Å². The predicted octanol–water partition coefficient (Wildman–Crippen LogP) is 3.39. The van der Waals surface area contributed by atoms with Gasteiger partial charge in [-0.05, 0) is 48.1 Å². The lowest BCUT2D eigenvalue weighted by atomic mass is 9.90. The molecule has 0 bridgehead atoms. The van der Waals surface area contributed by atoms with Crippen LogP contribution in [0.2, 0.25) is 5.02 Å². The lowest BCUT2D eigenvalue weighted by Crippen LogP contribution is -2.55. The summed E-state index contributed by atoms with van der Waals surface area (Å²) in [4.78, 5) is 16.4. The molecule has 10 heteroatoms. The van der Waals surface area contributed by atoms with E-state index in [4.69, 9.17) is 30.6 Å². The van der Waals surface area contributed by atoms with Crippen molar-refractivity contribution in [3.63, 3.8) is 0 Å². The number of nitrogens with zero attached hydrogens (tertiary/aromatic N) is 1. The third kappa shape index (κ3) is 6.74. The first kappa shape index (κ1) is 27.9. The van der Waals surface area contributed by atoms with Crippen molar-refractivity contribution in [3.05, 3.63) is 69.7 Å². The standard InChI is InChI=1S/C26H32ClNO8/c1-4-20(28-33-3)16-8-6-15(7-9-16)12-18-13-17(10-11-19(18)27)25-24(31)23(30)22(29)21(36-25)14-35-26(32)34-5-2/h6-11,13,21-25,29-31H,4-5,12,14H2,1-3H3. The van der Waals surface area contributed by atoms with E-state index in [-0.39, 0.29) is 13.2 Å². The Balaban J connectivity index is 1.78. The number of halogens is 1. The van der Waals surface area contributed by atoms with Gasteiger partial charge in [-0.3, -0.25) is 0 Å². The molecule has 0 aliphatic carbocycles. The second kappa shape index (κ2) is 13.0. The van der Waals surface area contributed by atoms with Crippen molar-refractivity contribution in [2.24, 2.45) is 5.16 Å². The Morgan fingerprint density at radius 2 is 1.75 bits per heavy atom. The SMILES string of the molecule is CCOC(=O)OCC1OC(c2ccc(Cl)c(Cc3ccc(C(CC)=NOC)cc3)c2)C(O)C(O)C1O. The fourth-order valence-electron chi connectivity index (χ4n) is 4.05. The maximum Gasteiger partial charge on any atom is 0.508 e. The number of ether oxygens (including phenoxy) is 3. The van der Waals surface area contributed by atoms with Crippen LogP contribution in [0, 0.1) is 0 Å². The fraction of sp³-hybridized carbons (Fsp3) is 0.462.